The van der Waals surface area contributed by atoms with Crippen molar-refractivity contribution in [1.82, 2.24) is 0 Å². The van der Waals surface area contributed by atoms with Gasteiger partial charge in [-0.3, -0.25) is 0 Å². The number of halogens is 2. The van der Waals surface area contributed by atoms with Gasteiger partial charge < -0.3 is 19.3 Å². The minimum Gasteiger partial charge on any atom is -0.507 e. The van der Waals surface area contributed by atoms with Crippen molar-refractivity contribution in [2.45, 2.75) is 0 Å². The van der Waals surface area contributed by atoms with E-state index in [1.807, 2.05) is 0 Å². The Kier molecular flexibility index (Phi) is 5.96. The first kappa shape index (κ1) is 17.2. The number of phenols is 1. The van der Waals surface area contributed by atoms with E-state index in [1.165, 1.54) is 25.3 Å². The Morgan fingerprint density at radius 1 is 1.13 bits per heavy atom. The topological polar surface area (TPSA) is 65.0 Å². The Labute approximate surface area is 143 Å². The molecule has 1 N–H and O–H groups in total. The Balaban J connectivity index is 1.87. The number of rotatable bonds is 6. The second kappa shape index (κ2) is 7.94. The average Bonchev–Trinajstić information content (AvgIpc) is 2.53. The van der Waals surface area contributed by atoms with Gasteiger partial charge in [0.15, 0.2) is 0 Å². The molecule has 0 unspecified atom stereocenters. The molecule has 0 fully saturated rings. The highest BCUT2D eigenvalue weighted by Crippen LogP contribution is 2.27. The van der Waals surface area contributed by atoms with Gasteiger partial charge in [0, 0.05) is 5.02 Å². The number of methoxy groups -OCH3 is 1. The van der Waals surface area contributed by atoms with Crippen molar-refractivity contribution in [3.05, 3.63) is 52.0 Å². The Bertz CT molecular complexity index is 703. The number of carbonyl (C=O) groups is 1. The third-order valence-corrected chi connectivity index (χ3v) is 3.42. The van der Waals surface area contributed by atoms with Crippen LogP contribution in [0.1, 0.15) is 10.4 Å². The molecule has 0 aliphatic heterocycles. The summed E-state index contributed by atoms with van der Waals surface area (Å²) in [4.78, 5) is 11.9. The lowest BCUT2D eigenvalue weighted by Gasteiger charge is -2.10. The molecule has 0 aliphatic rings. The minimum absolute atomic E-state index is 0.00552. The molecule has 0 saturated heterocycles. The number of esters is 1. The Hall–Kier alpha value is -2.11. The molecule has 0 radical (unpaired) electrons. The zero-order valence-electron chi connectivity index (χ0n) is 12.2. The van der Waals surface area contributed by atoms with E-state index in [1.54, 1.807) is 18.2 Å². The largest absolute Gasteiger partial charge is 0.507 e. The molecule has 2 aromatic carbocycles. The number of carbonyl (C=O) groups excluding carboxylic acids is 1. The second-order valence-electron chi connectivity index (χ2n) is 4.44. The van der Waals surface area contributed by atoms with Gasteiger partial charge in [-0.25, -0.2) is 4.79 Å². The van der Waals surface area contributed by atoms with Crippen LogP contribution in [0.3, 0.4) is 0 Å². The van der Waals surface area contributed by atoms with E-state index in [0.717, 1.165) is 0 Å². The van der Waals surface area contributed by atoms with Crippen LogP contribution in [0.25, 0.3) is 0 Å². The summed E-state index contributed by atoms with van der Waals surface area (Å²) >= 11 is 11.7. The van der Waals surface area contributed by atoms with Crippen molar-refractivity contribution in [3.8, 4) is 17.2 Å². The van der Waals surface area contributed by atoms with Gasteiger partial charge in [0.2, 0.25) is 0 Å². The third-order valence-electron chi connectivity index (χ3n) is 2.89. The van der Waals surface area contributed by atoms with Gasteiger partial charge in [-0.05, 0) is 36.4 Å². The van der Waals surface area contributed by atoms with Gasteiger partial charge in [-0.1, -0.05) is 23.2 Å². The molecule has 0 spiro atoms. The lowest BCUT2D eigenvalue weighted by molar-refractivity contribution is 0.0447. The van der Waals surface area contributed by atoms with Crippen LogP contribution in [-0.4, -0.2) is 31.4 Å². The van der Waals surface area contributed by atoms with Gasteiger partial charge in [0.25, 0.3) is 0 Å². The van der Waals surface area contributed by atoms with Crippen molar-refractivity contribution >= 4 is 29.2 Å². The average molecular weight is 357 g/mol. The van der Waals surface area contributed by atoms with E-state index < -0.39 is 5.97 Å². The maximum atomic E-state index is 11.9. The van der Waals surface area contributed by atoms with Crippen LogP contribution in [0.4, 0.5) is 0 Å². The molecule has 5 nitrogen and oxygen atoms in total. The van der Waals surface area contributed by atoms with E-state index in [9.17, 15) is 9.90 Å². The standard InChI is InChI=1S/C16H14Cl2O5/c1-21-11-3-4-14(19)12(9-11)16(20)23-7-6-22-15-5-2-10(17)8-13(15)18/h2-5,8-9,19H,6-7H2,1H3. The summed E-state index contributed by atoms with van der Waals surface area (Å²) in [6.07, 6.45) is 0. The first-order valence-corrected chi connectivity index (χ1v) is 7.39. The van der Waals surface area contributed by atoms with Gasteiger partial charge in [0.05, 0.1) is 12.1 Å². The van der Waals surface area contributed by atoms with Gasteiger partial charge in [-0.2, -0.15) is 0 Å². The molecular weight excluding hydrogens is 343 g/mol. The van der Waals surface area contributed by atoms with E-state index >= 15 is 0 Å². The molecule has 0 heterocycles. The van der Waals surface area contributed by atoms with Crippen LogP contribution in [0.15, 0.2) is 36.4 Å². The Morgan fingerprint density at radius 2 is 1.91 bits per heavy atom. The smallest absolute Gasteiger partial charge is 0.342 e. The van der Waals surface area contributed by atoms with Gasteiger partial charge in [-0.15, -0.1) is 0 Å². The van der Waals surface area contributed by atoms with E-state index in [-0.39, 0.29) is 24.5 Å². The fourth-order valence-electron chi connectivity index (χ4n) is 1.76. The van der Waals surface area contributed by atoms with Crippen LogP contribution in [0.2, 0.25) is 10.0 Å². The highest BCUT2D eigenvalue weighted by atomic mass is 35.5. The van der Waals surface area contributed by atoms with Gasteiger partial charge in [0.1, 0.15) is 36.0 Å². The molecule has 0 bridgehead atoms. The minimum atomic E-state index is -0.674. The van der Waals surface area contributed by atoms with Crippen LogP contribution in [0.5, 0.6) is 17.2 Å². The van der Waals surface area contributed by atoms with E-state index in [2.05, 4.69) is 0 Å². The molecule has 23 heavy (non-hydrogen) atoms. The monoisotopic (exact) mass is 356 g/mol. The maximum Gasteiger partial charge on any atom is 0.342 e. The molecule has 0 aromatic heterocycles. The highest BCUT2D eigenvalue weighted by molar-refractivity contribution is 6.35. The molecule has 2 aromatic rings. The number of phenolic OH excluding ortho intramolecular Hbond substituents is 1. The maximum absolute atomic E-state index is 11.9. The Morgan fingerprint density at radius 3 is 2.61 bits per heavy atom. The van der Waals surface area contributed by atoms with Crippen molar-refractivity contribution in [1.29, 1.82) is 0 Å². The van der Waals surface area contributed by atoms with Crippen molar-refractivity contribution in [2.75, 3.05) is 20.3 Å². The SMILES string of the molecule is COc1ccc(O)c(C(=O)OCCOc2ccc(Cl)cc2Cl)c1. The quantitative estimate of drug-likeness (QED) is 0.627. The van der Waals surface area contributed by atoms with Crippen molar-refractivity contribution in [2.24, 2.45) is 0 Å². The van der Waals surface area contributed by atoms with Crippen LogP contribution >= 0.6 is 23.2 Å². The lowest BCUT2D eigenvalue weighted by Crippen LogP contribution is -2.12. The highest BCUT2D eigenvalue weighted by Gasteiger charge is 2.14. The summed E-state index contributed by atoms with van der Waals surface area (Å²) in [5.74, 6) is 0.0277. The van der Waals surface area contributed by atoms with Gasteiger partial charge >= 0.3 is 5.97 Å². The summed E-state index contributed by atoms with van der Waals surface area (Å²) in [6, 6.07) is 9.12. The second-order valence-corrected chi connectivity index (χ2v) is 5.29. The van der Waals surface area contributed by atoms with Crippen molar-refractivity contribution < 1.29 is 24.1 Å². The summed E-state index contributed by atoms with van der Waals surface area (Å²) in [7, 11) is 1.46. The summed E-state index contributed by atoms with van der Waals surface area (Å²) in [5.41, 5.74) is 0.0221. The lowest BCUT2D eigenvalue weighted by atomic mass is 10.2. The zero-order valence-corrected chi connectivity index (χ0v) is 13.7. The normalized spacial score (nSPS) is 10.2. The summed E-state index contributed by atoms with van der Waals surface area (Å²) < 4.78 is 15.4. The zero-order chi connectivity index (χ0) is 16.8. The van der Waals surface area contributed by atoms with Crippen LogP contribution < -0.4 is 9.47 Å². The molecule has 0 aliphatic carbocycles. The third kappa shape index (κ3) is 4.68. The number of ether oxygens (including phenoxy) is 3. The van der Waals surface area contributed by atoms with Crippen molar-refractivity contribution in [3.63, 3.8) is 0 Å². The predicted octanol–water partition coefficient (Wildman–Crippen LogP) is 3.94. The molecule has 0 amide bonds. The fraction of sp³-hybridized carbons (Fsp3) is 0.188. The molecular formula is C16H14Cl2O5. The molecule has 0 saturated carbocycles. The molecule has 0 atom stereocenters. The fourth-order valence-corrected chi connectivity index (χ4v) is 2.22. The number of benzene rings is 2. The number of hydrogen-bond acceptors (Lipinski definition) is 5. The van der Waals surface area contributed by atoms with Crippen LogP contribution in [-0.2, 0) is 4.74 Å². The molecule has 7 heteroatoms. The number of aromatic hydroxyl groups is 1. The molecule has 2 rings (SSSR count). The summed E-state index contributed by atoms with van der Waals surface area (Å²) in [6.45, 7) is 0.103. The summed E-state index contributed by atoms with van der Waals surface area (Å²) in [5, 5.41) is 10.6. The van der Waals surface area contributed by atoms with E-state index in [0.29, 0.717) is 21.5 Å². The first-order chi connectivity index (χ1) is 11.0. The number of hydrogen-bond donors (Lipinski definition) is 1. The molecule has 122 valence electrons. The first-order valence-electron chi connectivity index (χ1n) is 6.63. The van der Waals surface area contributed by atoms with E-state index in [4.69, 9.17) is 37.4 Å². The van der Waals surface area contributed by atoms with Crippen LogP contribution in [0, 0.1) is 0 Å². The predicted molar refractivity (Wildman–Crippen MR) is 86.9 cm³/mol.